The minimum absolute atomic E-state index is 0.104. The van der Waals surface area contributed by atoms with Crippen molar-refractivity contribution in [3.63, 3.8) is 0 Å². The Balaban J connectivity index is 2.07. The van der Waals surface area contributed by atoms with E-state index in [4.69, 9.17) is 4.74 Å². The number of nitrogens with zero attached hydrogens (tertiary/aromatic N) is 1. The van der Waals surface area contributed by atoms with Crippen LogP contribution >= 0.6 is 0 Å². The monoisotopic (exact) mass is 287 g/mol. The van der Waals surface area contributed by atoms with Crippen molar-refractivity contribution in [1.82, 2.24) is 4.90 Å². The van der Waals surface area contributed by atoms with Crippen molar-refractivity contribution in [1.29, 1.82) is 0 Å². The summed E-state index contributed by atoms with van der Waals surface area (Å²) in [5.74, 6) is 1.63. The van der Waals surface area contributed by atoms with E-state index in [0.717, 1.165) is 42.3 Å². The van der Waals surface area contributed by atoms with Gasteiger partial charge in [0.1, 0.15) is 5.75 Å². The first-order chi connectivity index (χ1) is 10.1. The summed E-state index contributed by atoms with van der Waals surface area (Å²) in [6.45, 7) is 5.89. The van der Waals surface area contributed by atoms with Gasteiger partial charge in [0.2, 0.25) is 5.91 Å². The number of benzene rings is 1. The van der Waals surface area contributed by atoms with Gasteiger partial charge in [-0.05, 0) is 50.3 Å². The molecule has 3 nitrogen and oxygen atoms in total. The van der Waals surface area contributed by atoms with Crippen LogP contribution in [0, 0.1) is 12.8 Å². The van der Waals surface area contributed by atoms with Gasteiger partial charge in [0.15, 0.2) is 0 Å². The molecule has 0 aliphatic heterocycles. The SMILES string of the molecule is CCCN(CC1CC1)C(=O)/C=C/c1cc(C)ccc1OC. The summed E-state index contributed by atoms with van der Waals surface area (Å²) in [5, 5.41) is 0. The van der Waals surface area contributed by atoms with Gasteiger partial charge < -0.3 is 9.64 Å². The Hall–Kier alpha value is -1.77. The third kappa shape index (κ3) is 4.62. The van der Waals surface area contributed by atoms with Crippen molar-refractivity contribution in [3.05, 3.63) is 35.4 Å². The first-order valence-corrected chi connectivity index (χ1v) is 7.75. The number of carbonyl (C=O) groups excluding carboxylic acids is 1. The highest BCUT2D eigenvalue weighted by Crippen LogP contribution is 2.30. The van der Waals surface area contributed by atoms with Gasteiger partial charge >= 0.3 is 0 Å². The van der Waals surface area contributed by atoms with E-state index in [1.165, 1.54) is 12.8 Å². The lowest BCUT2D eigenvalue weighted by Gasteiger charge is -2.20. The highest BCUT2D eigenvalue weighted by atomic mass is 16.5. The van der Waals surface area contributed by atoms with Gasteiger partial charge in [0.05, 0.1) is 7.11 Å². The Morgan fingerprint density at radius 2 is 2.19 bits per heavy atom. The van der Waals surface area contributed by atoms with Crippen LogP contribution in [0.1, 0.15) is 37.3 Å². The Morgan fingerprint density at radius 3 is 2.81 bits per heavy atom. The lowest BCUT2D eigenvalue weighted by molar-refractivity contribution is -0.126. The molecule has 0 heterocycles. The highest BCUT2D eigenvalue weighted by molar-refractivity contribution is 5.92. The van der Waals surface area contributed by atoms with Crippen molar-refractivity contribution in [2.45, 2.75) is 33.1 Å². The minimum atomic E-state index is 0.104. The van der Waals surface area contributed by atoms with Gasteiger partial charge in [-0.1, -0.05) is 18.6 Å². The lowest BCUT2D eigenvalue weighted by Crippen LogP contribution is -2.32. The average Bonchev–Trinajstić information content (AvgIpc) is 3.28. The van der Waals surface area contributed by atoms with E-state index < -0.39 is 0 Å². The Morgan fingerprint density at radius 1 is 1.43 bits per heavy atom. The molecule has 1 amide bonds. The van der Waals surface area contributed by atoms with Crippen molar-refractivity contribution in [3.8, 4) is 5.75 Å². The van der Waals surface area contributed by atoms with Crippen LogP contribution in [0.4, 0.5) is 0 Å². The molecule has 1 aliphatic carbocycles. The van der Waals surface area contributed by atoms with E-state index in [9.17, 15) is 4.79 Å². The molecule has 3 heteroatoms. The molecule has 1 aromatic carbocycles. The molecule has 1 aliphatic rings. The van der Waals surface area contributed by atoms with Crippen LogP contribution in [0.25, 0.3) is 6.08 Å². The number of carbonyl (C=O) groups is 1. The van der Waals surface area contributed by atoms with Gasteiger partial charge in [-0.2, -0.15) is 0 Å². The fraction of sp³-hybridized carbons (Fsp3) is 0.500. The first kappa shape index (κ1) is 15.6. The summed E-state index contributed by atoms with van der Waals surface area (Å²) in [4.78, 5) is 14.3. The molecule has 0 atom stereocenters. The van der Waals surface area contributed by atoms with Gasteiger partial charge in [0, 0.05) is 24.7 Å². The maximum atomic E-state index is 12.4. The molecule has 1 aromatic rings. The molecular weight excluding hydrogens is 262 g/mol. The third-order valence-corrected chi connectivity index (χ3v) is 3.77. The second-order valence-corrected chi connectivity index (χ2v) is 5.81. The van der Waals surface area contributed by atoms with E-state index in [1.54, 1.807) is 13.2 Å². The van der Waals surface area contributed by atoms with Crippen LogP contribution in [0.15, 0.2) is 24.3 Å². The van der Waals surface area contributed by atoms with Crippen LogP contribution < -0.4 is 4.74 Å². The highest BCUT2D eigenvalue weighted by Gasteiger charge is 2.25. The van der Waals surface area contributed by atoms with Crippen LogP contribution in [0.3, 0.4) is 0 Å². The zero-order chi connectivity index (χ0) is 15.2. The number of aryl methyl sites for hydroxylation is 1. The van der Waals surface area contributed by atoms with Gasteiger partial charge in [-0.15, -0.1) is 0 Å². The van der Waals surface area contributed by atoms with E-state index in [2.05, 4.69) is 6.92 Å². The number of methoxy groups -OCH3 is 1. The molecule has 1 saturated carbocycles. The Labute approximate surface area is 127 Å². The Kier molecular flexibility index (Phi) is 5.43. The molecule has 0 bridgehead atoms. The summed E-state index contributed by atoms with van der Waals surface area (Å²) >= 11 is 0. The summed E-state index contributed by atoms with van der Waals surface area (Å²) in [7, 11) is 1.65. The normalized spacial score (nSPS) is 14.4. The number of ether oxygens (including phenoxy) is 1. The quantitative estimate of drug-likeness (QED) is 0.716. The molecular formula is C18H25NO2. The maximum Gasteiger partial charge on any atom is 0.246 e. The van der Waals surface area contributed by atoms with Gasteiger partial charge in [0.25, 0.3) is 0 Å². The van der Waals surface area contributed by atoms with Crippen LogP contribution in [-0.4, -0.2) is 31.0 Å². The predicted octanol–water partition coefficient (Wildman–Crippen LogP) is 3.67. The second-order valence-electron chi connectivity index (χ2n) is 5.81. The maximum absolute atomic E-state index is 12.4. The molecule has 21 heavy (non-hydrogen) atoms. The molecule has 0 spiro atoms. The smallest absolute Gasteiger partial charge is 0.246 e. The van der Waals surface area contributed by atoms with Crippen molar-refractivity contribution in [2.24, 2.45) is 5.92 Å². The number of amides is 1. The molecule has 0 unspecified atom stereocenters. The average molecular weight is 287 g/mol. The fourth-order valence-electron chi connectivity index (χ4n) is 2.42. The van der Waals surface area contributed by atoms with E-state index >= 15 is 0 Å². The fourth-order valence-corrected chi connectivity index (χ4v) is 2.42. The zero-order valence-electron chi connectivity index (χ0n) is 13.3. The van der Waals surface area contributed by atoms with E-state index in [0.29, 0.717) is 0 Å². The molecule has 114 valence electrons. The standard InChI is InChI=1S/C18H25NO2/c1-4-11-19(13-15-6-7-15)18(20)10-8-16-12-14(2)5-9-17(16)21-3/h5,8-10,12,15H,4,6-7,11,13H2,1-3H3/b10-8+. The number of hydrogen-bond donors (Lipinski definition) is 0. The number of rotatable bonds is 7. The van der Waals surface area contributed by atoms with Crippen molar-refractivity contribution in [2.75, 3.05) is 20.2 Å². The van der Waals surface area contributed by atoms with Crippen LogP contribution in [0.5, 0.6) is 5.75 Å². The molecule has 0 N–H and O–H groups in total. The zero-order valence-corrected chi connectivity index (χ0v) is 13.3. The molecule has 1 fully saturated rings. The third-order valence-electron chi connectivity index (χ3n) is 3.77. The largest absolute Gasteiger partial charge is 0.496 e. The Bertz CT molecular complexity index is 518. The molecule has 0 saturated heterocycles. The van der Waals surface area contributed by atoms with E-state index in [1.807, 2.05) is 36.1 Å². The molecule has 0 radical (unpaired) electrons. The van der Waals surface area contributed by atoms with Crippen LogP contribution in [0.2, 0.25) is 0 Å². The van der Waals surface area contributed by atoms with Crippen LogP contribution in [-0.2, 0) is 4.79 Å². The molecule has 2 rings (SSSR count). The first-order valence-electron chi connectivity index (χ1n) is 7.75. The topological polar surface area (TPSA) is 29.5 Å². The summed E-state index contributed by atoms with van der Waals surface area (Å²) in [6, 6.07) is 5.98. The summed E-state index contributed by atoms with van der Waals surface area (Å²) in [6.07, 6.45) is 7.07. The second kappa shape index (κ2) is 7.30. The van der Waals surface area contributed by atoms with E-state index in [-0.39, 0.29) is 5.91 Å². The predicted molar refractivity (Wildman–Crippen MR) is 86.4 cm³/mol. The lowest BCUT2D eigenvalue weighted by atomic mass is 10.1. The van der Waals surface area contributed by atoms with Crippen molar-refractivity contribution >= 4 is 12.0 Å². The van der Waals surface area contributed by atoms with Gasteiger partial charge in [-0.25, -0.2) is 0 Å². The summed E-state index contributed by atoms with van der Waals surface area (Å²) < 4.78 is 5.34. The van der Waals surface area contributed by atoms with Crippen molar-refractivity contribution < 1.29 is 9.53 Å². The van der Waals surface area contributed by atoms with Gasteiger partial charge in [-0.3, -0.25) is 4.79 Å². The summed E-state index contributed by atoms with van der Waals surface area (Å²) in [5.41, 5.74) is 2.11. The minimum Gasteiger partial charge on any atom is -0.496 e. The molecule has 0 aromatic heterocycles. The number of hydrogen-bond acceptors (Lipinski definition) is 2.